The Morgan fingerprint density at radius 1 is 1.21 bits per heavy atom. The highest BCUT2D eigenvalue weighted by Crippen LogP contribution is 2.34. The van der Waals surface area contributed by atoms with Crippen molar-refractivity contribution in [1.29, 1.82) is 0 Å². The number of thioether (sulfide) groups is 1. The minimum Gasteiger partial charge on any atom is -0.290 e. The number of halogens is 3. The monoisotopic (exact) mass is 408 g/mol. The van der Waals surface area contributed by atoms with Gasteiger partial charge < -0.3 is 0 Å². The molecule has 24 heavy (non-hydrogen) atoms. The van der Waals surface area contributed by atoms with Crippen LogP contribution in [0.5, 0.6) is 0 Å². The largest absolute Gasteiger partial charge is 0.290 e. The lowest BCUT2D eigenvalue weighted by Crippen LogP contribution is -2.23. The van der Waals surface area contributed by atoms with Crippen molar-refractivity contribution in [2.45, 2.75) is 0 Å². The van der Waals surface area contributed by atoms with Crippen molar-refractivity contribution in [3.63, 3.8) is 0 Å². The fourth-order valence-electron chi connectivity index (χ4n) is 2.07. The van der Waals surface area contributed by atoms with Crippen LogP contribution in [0.25, 0.3) is 6.08 Å². The maximum absolute atomic E-state index is 13.7. The lowest BCUT2D eigenvalue weighted by molar-refractivity contribution is -0.121. The summed E-state index contributed by atoms with van der Waals surface area (Å²) in [4.78, 5) is 18.3. The summed E-state index contributed by atoms with van der Waals surface area (Å²) in [5.74, 6) is -1.66. The van der Waals surface area contributed by atoms with Gasteiger partial charge in [0, 0.05) is 17.6 Å². The number of benzene rings is 2. The van der Waals surface area contributed by atoms with Gasteiger partial charge in [-0.15, -0.1) is 0 Å². The Hall–Kier alpha value is -1.99. The molecule has 0 bridgehead atoms. The molecule has 0 atom stereocenters. The van der Waals surface area contributed by atoms with Gasteiger partial charge in [0.05, 0.1) is 4.91 Å². The average Bonchev–Trinajstić information content (AvgIpc) is 2.78. The van der Waals surface area contributed by atoms with Crippen molar-refractivity contribution < 1.29 is 13.6 Å². The standard InChI is InChI=1S/C17H11BrF2N2OS/c1-22-16(23)15(8-10-3-2-4-11(18)7-10)24-17(22)21-14-6-5-12(19)9-13(14)20/h2-9H,1H3/b15-8+,21-17?. The van der Waals surface area contributed by atoms with Crippen molar-refractivity contribution in [3.05, 3.63) is 69.0 Å². The van der Waals surface area contributed by atoms with Gasteiger partial charge >= 0.3 is 0 Å². The number of carbonyl (C=O) groups excluding carboxylic acids is 1. The second-order valence-electron chi connectivity index (χ2n) is 5.02. The van der Waals surface area contributed by atoms with Gasteiger partial charge in [-0.2, -0.15) is 0 Å². The predicted molar refractivity (Wildman–Crippen MR) is 95.9 cm³/mol. The highest BCUT2D eigenvalue weighted by atomic mass is 79.9. The number of aliphatic imine (C=N–C) groups is 1. The van der Waals surface area contributed by atoms with Gasteiger partial charge in [-0.25, -0.2) is 13.8 Å². The van der Waals surface area contributed by atoms with E-state index in [0.29, 0.717) is 10.1 Å². The lowest BCUT2D eigenvalue weighted by Gasteiger charge is -2.07. The third kappa shape index (κ3) is 3.57. The fourth-order valence-corrected chi connectivity index (χ4v) is 3.47. The summed E-state index contributed by atoms with van der Waals surface area (Å²) in [5, 5.41) is 0.340. The molecule has 3 rings (SSSR count). The number of carbonyl (C=O) groups is 1. The third-order valence-electron chi connectivity index (χ3n) is 3.28. The van der Waals surface area contributed by atoms with Crippen molar-refractivity contribution in [3.8, 4) is 0 Å². The Morgan fingerprint density at radius 3 is 2.71 bits per heavy atom. The zero-order valence-corrected chi connectivity index (χ0v) is 14.9. The van der Waals surface area contributed by atoms with Crippen molar-refractivity contribution in [2.75, 3.05) is 7.05 Å². The smallest absolute Gasteiger partial charge is 0.266 e. The first-order valence-corrected chi connectivity index (χ1v) is 8.52. The molecule has 2 aromatic rings. The van der Waals surface area contributed by atoms with Gasteiger partial charge in [-0.05, 0) is 47.7 Å². The second kappa shape index (κ2) is 6.86. The fraction of sp³-hybridized carbons (Fsp3) is 0.0588. The van der Waals surface area contributed by atoms with Gasteiger partial charge in [-0.1, -0.05) is 28.1 Å². The molecule has 122 valence electrons. The van der Waals surface area contributed by atoms with E-state index in [-0.39, 0.29) is 11.6 Å². The van der Waals surface area contributed by atoms with Gasteiger partial charge in [0.1, 0.15) is 11.5 Å². The second-order valence-corrected chi connectivity index (χ2v) is 6.94. The molecular formula is C17H11BrF2N2OS. The molecule has 0 radical (unpaired) electrons. The molecule has 1 aliphatic heterocycles. The Morgan fingerprint density at radius 2 is 2.00 bits per heavy atom. The first-order valence-electron chi connectivity index (χ1n) is 6.91. The molecule has 1 fully saturated rings. The highest BCUT2D eigenvalue weighted by molar-refractivity contribution is 9.10. The number of hydrogen-bond acceptors (Lipinski definition) is 3. The van der Waals surface area contributed by atoms with E-state index in [1.165, 1.54) is 11.0 Å². The molecule has 0 unspecified atom stereocenters. The summed E-state index contributed by atoms with van der Waals surface area (Å²) in [6, 6.07) is 10.7. The molecule has 7 heteroatoms. The van der Waals surface area contributed by atoms with E-state index < -0.39 is 11.6 Å². The number of nitrogens with zero attached hydrogens (tertiary/aromatic N) is 2. The molecule has 1 heterocycles. The Labute approximate surface area is 150 Å². The van der Waals surface area contributed by atoms with Crippen LogP contribution >= 0.6 is 27.7 Å². The quantitative estimate of drug-likeness (QED) is 0.657. The van der Waals surface area contributed by atoms with Crippen molar-refractivity contribution in [1.82, 2.24) is 4.90 Å². The van der Waals surface area contributed by atoms with Gasteiger partial charge in [0.2, 0.25) is 0 Å². The molecule has 1 aliphatic rings. The summed E-state index contributed by atoms with van der Waals surface area (Å²) in [5.41, 5.74) is 0.852. The number of likely N-dealkylation sites (N-methyl/N-ethyl adjacent to an activating group) is 1. The average molecular weight is 409 g/mol. The molecule has 0 aliphatic carbocycles. The van der Waals surface area contributed by atoms with Crippen LogP contribution in [0.15, 0.2) is 56.8 Å². The summed E-state index contributed by atoms with van der Waals surface area (Å²) < 4.78 is 27.6. The van der Waals surface area contributed by atoms with Crippen LogP contribution in [0.4, 0.5) is 14.5 Å². The van der Waals surface area contributed by atoms with Crippen LogP contribution < -0.4 is 0 Å². The minimum atomic E-state index is -0.770. The number of hydrogen-bond donors (Lipinski definition) is 0. The molecule has 0 spiro atoms. The first-order chi connectivity index (χ1) is 11.4. The summed E-state index contributed by atoms with van der Waals surface area (Å²) in [6.45, 7) is 0. The number of amides is 1. The zero-order chi connectivity index (χ0) is 17.3. The van der Waals surface area contributed by atoms with Crippen LogP contribution in [-0.4, -0.2) is 23.0 Å². The normalized spacial score (nSPS) is 18.0. The van der Waals surface area contributed by atoms with Crippen LogP contribution in [0.2, 0.25) is 0 Å². The van der Waals surface area contributed by atoms with Gasteiger partial charge in [-0.3, -0.25) is 9.69 Å². The van der Waals surface area contributed by atoms with E-state index in [0.717, 1.165) is 33.9 Å². The van der Waals surface area contributed by atoms with E-state index in [1.807, 2.05) is 24.3 Å². The molecule has 2 aromatic carbocycles. The molecule has 0 aromatic heterocycles. The topological polar surface area (TPSA) is 32.7 Å². The first kappa shape index (κ1) is 16.9. The van der Waals surface area contributed by atoms with Crippen LogP contribution in [-0.2, 0) is 4.79 Å². The molecule has 1 amide bonds. The number of rotatable bonds is 2. The maximum atomic E-state index is 13.7. The van der Waals surface area contributed by atoms with Gasteiger partial charge in [0.15, 0.2) is 11.0 Å². The van der Waals surface area contributed by atoms with E-state index in [1.54, 1.807) is 13.1 Å². The summed E-state index contributed by atoms with van der Waals surface area (Å²) in [7, 11) is 1.57. The minimum absolute atomic E-state index is 0.0118. The molecular weight excluding hydrogens is 398 g/mol. The van der Waals surface area contributed by atoms with E-state index in [2.05, 4.69) is 20.9 Å². The summed E-state index contributed by atoms with van der Waals surface area (Å²) >= 11 is 4.53. The molecule has 0 N–H and O–H groups in total. The molecule has 3 nitrogen and oxygen atoms in total. The SMILES string of the molecule is CN1C(=O)/C(=C\c2cccc(Br)c2)SC1=Nc1ccc(F)cc1F. The molecule has 1 saturated heterocycles. The Balaban J connectivity index is 1.92. The predicted octanol–water partition coefficient (Wildman–Crippen LogP) is 4.96. The van der Waals surface area contributed by atoms with E-state index in [4.69, 9.17) is 0 Å². The maximum Gasteiger partial charge on any atom is 0.266 e. The highest BCUT2D eigenvalue weighted by Gasteiger charge is 2.30. The summed E-state index contributed by atoms with van der Waals surface area (Å²) in [6.07, 6.45) is 1.75. The van der Waals surface area contributed by atoms with Crippen molar-refractivity contribution >= 4 is 50.5 Å². The van der Waals surface area contributed by atoms with Gasteiger partial charge in [0.25, 0.3) is 5.91 Å². The van der Waals surface area contributed by atoms with E-state index >= 15 is 0 Å². The Kier molecular flexibility index (Phi) is 4.82. The van der Waals surface area contributed by atoms with Crippen LogP contribution in [0, 0.1) is 11.6 Å². The zero-order valence-electron chi connectivity index (χ0n) is 12.5. The lowest BCUT2D eigenvalue weighted by atomic mass is 10.2. The van der Waals surface area contributed by atoms with Crippen LogP contribution in [0.1, 0.15) is 5.56 Å². The third-order valence-corrected chi connectivity index (χ3v) is 4.83. The van der Waals surface area contributed by atoms with Crippen LogP contribution in [0.3, 0.4) is 0 Å². The molecule has 0 saturated carbocycles. The van der Waals surface area contributed by atoms with E-state index in [9.17, 15) is 13.6 Å². The van der Waals surface area contributed by atoms with Crippen molar-refractivity contribution in [2.24, 2.45) is 4.99 Å². The number of amidine groups is 1. The Bertz CT molecular complexity index is 883.